The van der Waals surface area contributed by atoms with E-state index in [1.807, 2.05) is 59.9 Å². The van der Waals surface area contributed by atoms with Crippen LogP contribution in [0.1, 0.15) is 40.2 Å². The van der Waals surface area contributed by atoms with Gasteiger partial charge < -0.3 is 25.3 Å². The Kier molecular flexibility index (Phi) is 16.4. The summed E-state index contributed by atoms with van der Waals surface area (Å²) in [4.78, 5) is 26.2. The molecule has 196 valence electrons. The fourth-order valence-electron chi connectivity index (χ4n) is 3.06. The highest BCUT2D eigenvalue weighted by molar-refractivity contribution is 5.52. The summed E-state index contributed by atoms with van der Waals surface area (Å²) in [5.74, 6) is -0.138. The summed E-state index contributed by atoms with van der Waals surface area (Å²) < 4.78 is 13.8. The number of benzene rings is 1. The van der Waals surface area contributed by atoms with E-state index in [1.54, 1.807) is 30.3 Å². The Morgan fingerprint density at radius 1 is 1.29 bits per heavy atom. The number of piperazine rings is 1. The topological polar surface area (TPSA) is 67.9 Å². The van der Waals surface area contributed by atoms with Crippen molar-refractivity contribution in [3.05, 3.63) is 65.9 Å². The second-order valence-electron chi connectivity index (χ2n) is 8.13. The van der Waals surface area contributed by atoms with Gasteiger partial charge in [-0.05, 0) is 57.9 Å². The highest BCUT2D eigenvalue weighted by Gasteiger charge is 2.22. The summed E-state index contributed by atoms with van der Waals surface area (Å²) in [6.45, 7) is 16.7. The maximum absolute atomic E-state index is 13.8. The van der Waals surface area contributed by atoms with Crippen LogP contribution in [-0.2, 0) is 16.0 Å². The van der Waals surface area contributed by atoms with Crippen molar-refractivity contribution < 1.29 is 14.0 Å². The second kappa shape index (κ2) is 18.1. The molecule has 0 radical (unpaired) electrons. The zero-order valence-electron chi connectivity index (χ0n) is 22.5. The van der Waals surface area contributed by atoms with Crippen molar-refractivity contribution in [3.8, 4) is 0 Å². The van der Waals surface area contributed by atoms with Gasteiger partial charge in [0.05, 0.1) is 0 Å². The van der Waals surface area contributed by atoms with Crippen LogP contribution >= 0.6 is 0 Å². The maximum Gasteiger partial charge on any atom is 0.213 e. The average Bonchev–Trinajstić information content (AvgIpc) is 2.87. The minimum absolute atomic E-state index is 0.138. The van der Waals surface area contributed by atoms with Gasteiger partial charge in [0.15, 0.2) is 0 Å². The van der Waals surface area contributed by atoms with Crippen molar-refractivity contribution in [2.45, 2.75) is 47.1 Å². The first-order valence-corrected chi connectivity index (χ1v) is 12.0. The van der Waals surface area contributed by atoms with Gasteiger partial charge in [0, 0.05) is 69.6 Å². The van der Waals surface area contributed by atoms with E-state index in [0.29, 0.717) is 13.0 Å². The number of anilines is 1. The monoisotopic (exact) mass is 489 g/mol. The quantitative estimate of drug-likeness (QED) is 0.407. The molecule has 1 fully saturated rings. The first kappa shape index (κ1) is 31.7. The lowest BCUT2D eigenvalue weighted by atomic mass is 10.1. The van der Waals surface area contributed by atoms with Crippen molar-refractivity contribution in [2.75, 3.05) is 45.2 Å². The van der Waals surface area contributed by atoms with Crippen molar-refractivity contribution in [1.29, 1.82) is 0 Å². The lowest BCUT2D eigenvalue weighted by Crippen LogP contribution is -2.51. The number of carbonyl (C=O) groups is 2. The highest BCUT2D eigenvalue weighted by Crippen LogP contribution is 2.21. The van der Waals surface area contributed by atoms with Gasteiger partial charge in [0.1, 0.15) is 5.82 Å². The first-order valence-electron chi connectivity index (χ1n) is 12.0. The van der Waals surface area contributed by atoms with Gasteiger partial charge in [-0.25, -0.2) is 4.39 Å². The molecule has 0 aliphatic carbocycles. The number of aryl methyl sites for hydroxylation is 1. The Hall–Kier alpha value is -3.29. The normalized spacial score (nSPS) is 15.3. The molecule has 35 heavy (non-hydrogen) atoms. The van der Waals surface area contributed by atoms with Gasteiger partial charge in [0.25, 0.3) is 0 Å². The fraction of sp³-hybridized carbons (Fsp3) is 0.481. The number of rotatable bonds is 9. The van der Waals surface area contributed by atoms with E-state index in [0.717, 1.165) is 49.4 Å². The van der Waals surface area contributed by atoms with Gasteiger partial charge >= 0.3 is 0 Å². The van der Waals surface area contributed by atoms with Gasteiger partial charge in [-0.1, -0.05) is 25.6 Å². The van der Waals surface area contributed by atoms with Crippen LogP contribution in [0.3, 0.4) is 0 Å². The summed E-state index contributed by atoms with van der Waals surface area (Å²) in [6.07, 6.45) is 7.76. The molecule has 1 aliphatic heterocycles. The van der Waals surface area contributed by atoms with Gasteiger partial charge in [0.2, 0.25) is 12.8 Å². The Morgan fingerprint density at radius 3 is 2.40 bits per heavy atom. The summed E-state index contributed by atoms with van der Waals surface area (Å²) in [7, 11) is 3.58. The molecule has 1 atom stereocenters. The van der Waals surface area contributed by atoms with E-state index in [-0.39, 0.29) is 11.9 Å². The number of hydrogen-bond acceptors (Lipinski definition) is 5. The van der Waals surface area contributed by atoms with Crippen LogP contribution < -0.4 is 15.5 Å². The van der Waals surface area contributed by atoms with Crippen LogP contribution in [0.15, 0.2) is 54.5 Å². The molecule has 1 unspecified atom stereocenters. The number of amides is 2. The average molecular weight is 490 g/mol. The zero-order valence-corrected chi connectivity index (χ0v) is 22.5. The van der Waals surface area contributed by atoms with Gasteiger partial charge in [-0.3, -0.25) is 9.59 Å². The molecule has 2 rings (SSSR count). The third kappa shape index (κ3) is 12.7. The number of nitrogens with zero attached hydrogens (tertiary/aromatic N) is 3. The van der Waals surface area contributed by atoms with Gasteiger partial charge in [-0.2, -0.15) is 0 Å². The van der Waals surface area contributed by atoms with Crippen LogP contribution in [-0.4, -0.2) is 68.9 Å². The molecule has 1 aromatic carbocycles. The number of halogens is 1. The van der Waals surface area contributed by atoms with Crippen LogP contribution in [0.5, 0.6) is 0 Å². The van der Waals surface area contributed by atoms with Crippen molar-refractivity contribution in [1.82, 2.24) is 20.4 Å². The Morgan fingerprint density at radius 2 is 1.97 bits per heavy atom. The summed E-state index contributed by atoms with van der Waals surface area (Å²) in [5.41, 5.74) is 3.68. The standard InChI is InChI=1S/C14H19FN2O.C8H14N2O.C5H11N/c1-3-12-4-5-13(8-14(12)15)16-6-7-17(10-18)11(2)9-16;1-4-9-8(2)5-6-10(3)7-11;1-4-5(2)6-3/h4-5,8,10-11H,3,6-7,9H2,1-2H3;5-7,9H,2,4H2,1,3H3;4,6H,1-3H3/b;6-5+;5-4+. The van der Waals surface area contributed by atoms with Crippen LogP contribution in [0, 0.1) is 5.82 Å². The Balaban J connectivity index is 0.000000580. The number of hydrogen-bond donors (Lipinski definition) is 2. The fourth-order valence-corrected chi connectivity index (χ4v) is 3.06. The summed E-state index contributed by atoms with van der Waals surface area (Å²) in [5, 5.41) is 5.98. The number of allylic oxidation sites excluding steroid dienone is 3. The summed E-state index contributed by atoms with van der Waals surface area (Å²) >= 11 is 0. The predicted molar refractivity (Wildman–Crippen MR) is 144 cm³/mol. The molecule has 1 aliphatic rings. The molecule has 1 heterocycles. The molecular formula is C27H44FN5O2. The molecule has 0 saturated carbocycles. The number of carbonyl (C=O) groups excluding carboxylic acids is 2. The Labute approximate surface area is 211 Å². The molecule has 2 N–H and O–H groups in total. The lowest BCUT2D eigenvalue weighted by Gasteiger charge is -2.39. The van der Waals surface area contributed by atoms with Crippen LogP contribution in [0.25, 0.3) is 0 Å². The minimum Gasteiger partial charge on any atom is -0.392 e. The SMILES string of the molecule is C/C=C(\C)NC.C=C(/C=C/N(C)C=O)NCC.CCc1ccc(N2CCN(C=O)C(C)C2)cc1F. The van der Waals surface area contributed by atoms with Crippen LogP contribution in [0.2, 0.25) is 0 Å². The van der Waals surface area contributed by atoms with E-state index in [1.165, 1.54) is 10.6 Å². The number of nitrogens with one attached hydrogen (secondary N) is 2. The smallest absolute Gasteiger partial charge is 0.213 e. The molecule has 7 nitrogen and oxygen atoms in total. The lowest BCUT2D eigenvalue weighted by molar-refractivity contribution is -0.120. The van der Waals surface area contributed by atoms with Crippen molar-refractivity contribution in [3.63, 3.8) is 0 Å². The Bertz CT molecular complexity index is 841. The minimum atomic E-state index is -0.138. The van der Waals surface area contributed by atoms with E-state index in [4.69, 9.17) is 0 Å². The molecule has 2 amide bonds. The summed E-state index contributed by atoms with van der Waals surface area (Å²) in [6, 6.07) is 5.58. The second-order valence-corrected chi connectivity index (χ2v) is 8.13. The van der Waals surface area contributed by atoms with E-state index < -0.39 is 0 Å². The largest absolute Gasteiger partial charge is 0.392 e. The highest BCUT2D eigenvalue weighted by atomic mass is 19.1. The van der Waals surface area contributed by atoms with E-state index in [2.05, 4.69) is 22.1 Å². The molecule has 8 heteroatoms. The number of likely N-dealkylation sites (N-methyl/N-ethyl adjacent to an activating group) is 1. The predicted octanol–water partition coefficient (Wildman–Crippen LogP) is 3.90. The first-order chi connectivity index (χ1) is 16.7. The third-order valence-corrected chi connectivity index (χ3v) is 5.51. The molecular weight excluding hydrogens is 445 g/mol. The zero-order chi connectivity index (χ0) is 26.8. The molecule has 0 aromatic heterocycles. The molecule has 1 aromatic rings. The van der Waals surface area contributed by atoms with Crippen LogP contribution in [0.4, 0.5) is 10.1 Å². The third-order valence-electron chi connectivity index (χ3n) is 5.51. The van der Waals surface area contributed by atoms with E-state index >= 15 is 0 Å². The molecule has 1 saturated heterocycles. The van der Waals surface area contributed by atoms with E-state index in [9.17, 15) is 14.0 Å². The van der Waals surface area contributed by atoms with Gasteiger partial charge in [-0.15, -0.1) is 0 Å². The maximum atomic E-state index is 13.8. The molecule has 0 bridgehead atoms. The van der Waals surface area contributed by atoms with Crippen molar-refractivity contribution in [2.24, 2.45) is 0 Å². The van der Waals surface area contributed by atoms with Crippen molar-refractivity contribution >= 4 is 18.5 Å². The molecule has 0 spiro atoms.